The van der Waals surface area contributed by atoms with Crippen LogP contribution in [0.15, 0.2) is 24.5 Å². The van der Waals surface area contributed by atoms with E-state index in [1.54, 1.807) is 6.33 Å². The van der Waals surface area contributed by atoms with E-state index in [0.717, 1.165) is 49.7 Å². The molecule has 1 aliphatic rings. The Balaban J connectivity index is 1.72. The summed E-state index contributed by atoms with van der Waals surface area (Å²) in [6.07, 6.45) is 3.63. The molecule has 3 heterocycles. The Hall–Kier alpha value is -2.01. The second-order valence-corrected chi connectivity index (χ2v) is 6.49. The maximum absolute atomic E-state index is 4.62. The summed E-state index contributed by atoms with van der Waals surface area (Å²) in [6.45, 7) is 9.25. The Bertz CT molecular complexity index is 668. The molecule has 1 aliphatic heterocycles. The summed E-state index contributed by atoms with van der Waals surface area (Å²) in [6, 6.07) is 6.61. The lowest BCUT2D eigenvalue weighted by molar-refractivity contribution is 0.275. The molecule has 0 radical (unpaired) electrons. The van der Waals surface area contributed by atoms with Crippen molar-refractivity contribution in [2.24, 2.45) is 0 Å². The van der Waals surface area contributed by atoms with Gasteiger partial charge in [0.2, 0.25) is 0 Å². The van der Waals surface area contributed by atoms with Crippen LogP contribution in [0.3, 0.4) is 0 Å². The van der Waals surface area contributed by atoms with Crippen molar-refractivity contribution in [1.29, 1.82) is 0 Å². The highest BCUT2D eigenvalue weighted by molar-refractivity contribution is 5.47. The van der Waals surface area contributed by atoms with Crippen LogP contribution in [0.4, 0.5) is 5.82 Å². The van der Waals surface area contributed by atoms with Crippen LogP contribution >= 0.6 is 0 Å². The SMILES string of the molecule is Cc1cccc(CN2CCc3ncnc(NC(C)C)c3CC2)n1. The fourth-order valence-electron chi connectivity index (χ4n) is 3.05. The van der Waals surface area contributed by atoms with Crippen LogP contribution in [-0.2, 0) is 19.4 Å². The van der Waals surface area contributed by atoms with Crippen molar-refractivity contribution < 1.29 is 0 Å². The van der Waals surface area contributed by atoms with Crippen LogP contribution in [0.2, 0.25) is 0 Å². The summed E-state index contributed by atoms with van der Waals surface area (Å²) < 4.78 is 0. The van der Waals surface area contributed by atoms with Gasteiger partial charge in [-0.3, -0.25) is 9.88 Å². The Kier molecular flexibility index (Phi) is 4.86. The quantitative estimate of drug-likeness (QED) is 0.940. The number of rotatable bonds is 4. The molecule has 5 nitrogen and oxygen atoms in total. The highest BCUT2D eigenvalue weighted by atomic mass is 15.1. The van der Waals surface area contributed by atoms with E-state index in [1.807, 2.05) is 13.0 Å². The second kappa shape index (κ2) is 7.04. The number of anilines is 1. The Morgan fingerprint density at radius 1 is 1.17 bits per heavy atom. The molecule has 0 bridgehead atoms. The topological polar surface area (TPSA) is 53.9 Å². The van der Waals surface area contributed by atoms with Crippen molar-refractivity contribution >= 4 is 5.82 Å². The molecule has 2 aromatic heterocycles. The molecular formula is C18H25N5. The average Bonchev–Trinajstić information content (AvgIpc) is 2.70. The van der Waals surface area contributed by atoms with Crippen molar-refractivity contribution in [1.82, 2.24) is 19.9 Å². The van der Waals surface area contributed by atoms with Crippen molar-refractivity contribution in [2.75, 3.05) is 18.4 Å². The van der Waals surface area contributed by atoms with Gasteiger partial charge in [-0.05, 0) is 39.3 Å². The first-order valence-corrected chi connectivity index (χ1v) is 8.36. The number of hydrogen-bond acceptors (Lipinski definition) is 5. The molecule has 0 saturated heterocycles. The van der Waals surface area contributed by atoms with Crippen LogP contribution in [0, 0.1) is 6.92 Å². The fourth-order valence-corrected chi connectivity index (χ4v) is 3.05. The molecule has 0 aliphatic carbocycles. The maximum Gasteiger partial charge on any atom is 0.133 e. The number of aromatic nitrogens is 3. The van der Waals surface area contributed by atoms with Gasteiger partial charge in [-0.1, -0.05) is 6.07 Å². The molecular weight excluding hydrogens is 286 g/mol. The molecule has 1 N–H and O–H groups in total. The smallest absolute Gasteiger partial charge is 0.133 e. The monoisotopic (exact) mass is 311 g/mol. The molecule has 0 amide bonds. The Morgan fingerprint density at radius 2 is 2.00 bits per heavy atom. The zero-order chi connectivity index (χ0) is 16.2. The van der Waals surface area contributed by atoms with Gasteiger partial charge >= 0.3 is 0 Å². The van der Waals surface area contributed by atoms with Crippen LogP contribution in [0.25, 0.3) is 0 Å². The minimum atomic E-state index is 0.379. The zero-order valence-corrected chi connectivity index (χ0v) is 14.2. The first-order valence-electron chi connectivity index (χ1n) is 8.36. The van der Waals surface area contributed by atoms with E-state index < -0.39 is 0 Å². The van der Waals surface area contributed by atoms with Crippen molar-refractivity contribution in [3.63, 3.8) is 0 Å². The van der Waals surface area contributed by atoms with Crippen molar-refractivity contribution in [2.45, 2.75) is 46.2 Å². The predicted molar refractivity (Wildman–Crippen MR) is 92.4 cm³/mol. The predicted octanol–water partition coefficient (Wildman–Crippen LogP) is 2.60. The van der Waals surface area contributed by atoms with Gasteiger partial charge in [0.25, 0.3) is 0 Å². The number of nitrogens with zero attached hydrogens (tertiary/aromatic N) is 4. The van der Waals surface area contributed by atoms with Gasteiger partial charge in [0, 0.05) is 43.4 Å². The largest absolute Gasteiger partial charge is 0.368 e. The highest BCUT2D eigenvalue weighted by Crippen LogP contribution is 2.21. The molecule has 0 aromatic carbocycles. The number of aryl methyl sites for hydroxylation is 1. The minimum absolute atomic E-state index is 0.379. The normalized spacial score (nSPS) is 15.3. The van der Waals surface area contributed by atoms with Gasteiger partial charge in [0.05, 0.1) is 11.4 Å². The third-order valence-corrected chi connectivity index (χ3v) is 4.13. The molecule has 23 heavy (non-hydrogen) atoms. The van der Waals surface area contributed by atoms with Crippen molar-refractivity contribution in [3.8, 4) is 0 Å². The minimum Gasteiger partial charge on any atom is -0.368 e. The van der Waals surface area contributed by atoms with E-state index in [2.05, 4.69) is 51.1 Å². The summed E-state index contributed by atoms with van der Waals surface area (Å²) in [5, 5.41) is 3.45. The average molecular weight is 311 g/mol. The van der Waals surface area contributed by atoms with Gasteiger partial charge < -0.3 is 5.32 Å². The molecule has 0 atom stereocenters. The zero-order valence-electron chi connectivity index (χ0n) is 14.2. The summed E-state index contributed by atoms with van der Waals surface area (Å²) >= 11 is 0. The Morgan fingerprint density at radius 3 is 2.78 bits per heavy atom. The van der Waals surface area contributed by atoms with Gasteiger partial charge in [0.15, 0.2) is 0 Å². The third kappa shape index (κ3) is 4.05. The van der Waals surface area contributed by atoms with Crippen LogP contribution in [-0.4, -0.2) is 39.0 Å². The molecule has 3 rings (SSSR count). The maximum atomic E-state index is 4.62. The van der Waals surface area contributed by atoms with Crippen molar-refractivity contribution in [3.05, 3.63) is 47.2 Å². The van der Waals surface area contributed by atoms with E-state index in [4.69, 9.17) is 0 Å². The standard InChI is InChI=1S/C18H25N5/c1-13(2)21-18-16-7-9-23(10-8-17(16)19-12-20-18)11-15-6-4-5-14(3)22-15/h4-6,12-13H,7-11H2,1-3H3,(H,19,20,21). The summed E-state index contributed by atoms with van der Waals surface area (Å²) in [4.78, 5) is 16.0. The first-order chi connectivity index (χ1) is 11.1. The number of nitrogens with one attached hydrogen (secondary N) is 1. The van der Waals surface area contributed by atoms with E-state index in [0.29, 0.717) is 6.04 Å². The van der Waals surface area contributed by atoms with Gasteiger partial charge in [-0.2, -0.15) is 0 Å². The van der Waals surface area contributed by atoms with Crippen LogP contribution < -0.4 is 5.32 Å². The van der Waals surface area contributed by atoms with E-state index in [9.17, 15) is 0 Å². The summed E-state index contributed by atoms with van der Waals surface area (Å²) in [5.74, 6) is 1.00. The van der Waals surface area contributed by atoms with Gasteiger partial charge in [-0.15, -0.1) is 0 Å². The fraction of sp³-hybridized carbons (Fsp3) is 0.500. The molecule has 0 unspecified atom stereocenters. The van der Waals surface area contributed by atoms with Gasteiger partial charge in [-0.25, -0.2) is 9.97 Å². The second-order valence-electron chi connectivity index (χ2n) is 6.49. The molecule has 0 saturated carbocycles. The molecule has 122 valence electrons. The number of fused-ring (bicyclic) bond motifs is 1. The lowest BCUT2D eigenvalue weighted by Gasteiger charge is -2.19. The molecule has 2 aromatic rings. The summed E-state index contributed by atoms with van der Waals surface area (Å²) in [5.41, 5.74) is 4.68. The number of hydrogen-bond donors (Lipinski definition) is 1. The lowest BCUT2D eigenvalue weighted by atomic mass is 10.1. The van der Waals surface area contributed by atoms with Crippen LogP contribution in [0.5, 0.6) is 0 Å². The van der Waals surface area contributed by atoms with E-state index in [-0.39, 0.29) is 0 Å². The lowest BCUT2D eigenvalue weighted by Crippen LogP contribution is -2.26. The summed E-state index contributed by atoms with van der Waals surface area (Å²) in [7, 11) is 0. The third-order valence-electron chi connectivity index (χ3n) is 4.13. The van der Waals surface area contributed by atoms with Crippen LogP contribution in [0.1, 0.15) is 36.5 Å². The number of pyridine rings is 1. The highest BCUT2D eigenvalue weighted by Gasteiger charge is 2.19. The van der Waals surface area contributed by atoms with E-state index >= 15 is 0 Å². The Labute approximate surface area is 138 Å². The molecule has 5 heteroatoms. The van der Waals surface area contributed by atoms with E-state index in [1.165, 1.54) is 11.3 Å². The molecule has 0 spiro atoms. The molecule has 0 fully saturated rings. The first kappa shape index (κ1) is 15.9. The van der Waals surface area contributed by atoms with Gasteiger partial charge in [0.1, 0.15) is 12.1 Å².